The zero-order valence-electron chi connectivity index (χ0n) is 15.5. The number of aliphatic imine (C=N–C) groups is 1. The van der Waals surface area contributed by atoms with Gasteiger partial charge in [-0.1, -0.05) is 17.7 Å². The van der Waals surface area contributed by atoms with E-state index in [9.17, 15) is 26.3 Å². The van der Waals surface area contributed by atoms with E-state index in [2.05, 4.69) is 15.0 Å². The maximum atomic E-state index is 14.3. The number of hydrogen-bond acceptors (Lipinski definition) is 5. The highest BCUT2D eigenvalue weighted by Gasteiger charge is 2.37. The van der Waals surface area contributed by atoms with E-state index in [-0.39, 0.29) is 11.5 Å². The van der Waals surface area contributed by atoms with Crippen LogP contribution in [0.2, 0.25) is 5.15 Å². The fourth-order valence-corrected chi connectivity index (χ4v) is 2.52. The third-order valence-electron chi connectivity index (χ3n) is 3.69. The van der Waals surface area contributed by atoms with Crippen LogP contribution in [0.5, 0.6) is 0 Å². The molecular weight excluding hydrogens is 436 g/mol. The van der Waals surface area contributed by atoms with E-state index in [4.69, 9.17) is 17.0 Å². The molecule has 2 aromatic rings. The third-order valence-corrected chi connectivity index (χ3v) is 3.97. The summed E-state index contributed by atoms with van der Waals surface area (Å²) in [5, 5.41) is 8.76. The number of benzene rings is 1. The summed E-state index contributed by atoms with van der Waals surface area (Å²) >= 11 is 6.04. The smallest absolute Gasteiger partial charge is 0.358 e. The molecule has 1 heterocycles. The zero-order valence-corrected chi connectivity index (χ0v) is 16.2. The van der Waals surface area contributed by atoms with Gasteiger partial charge in [-0.25, -0.2) is 23.1 Å². The minimum Gasteiger partial charge on any atom is -0.358 e. The number of alkyl halides is 3. The minimum atomic E-state index is -4.74. The molecule has 0 fully saturated rings. The highest BCUT2D eigenvalue weighted by Crippen LogP contribution is 2.38. The second-order valence-corrected chi connectivity index (χ2v) is 6.21. The molecule has 1 aromatic heterocycles. The maximum absolute atomic E-state index is 14.3. The van der Waals surface area contributed by atoms with Crippen LogP contribution in [0, 0.1) is 22.9 Å². The lowest BCUT2D eigenvalue weighted by Crippen LogP contribution is -2.34. The predicted octanol–water partition coefficient (Wildman–Crippen LogP) is 5.55. The number of anilines is 1. The number of aromatic nitrogens is 2. The molecule has 0 amide bonds. The molecule has 2 rings (SSSR count). The summed E-state index contributed by atoms with van der Waals surface area (Å²) in [6.07, 6.45) is -1.23. The van der Waals surface area contributed by atoms with E-state index in [0.717, 1.165) is 13.1 Å². The van der Waals surface area contributed by atoms with Crippen LogP contribution in [-0.4, -0.2) is 34.1 Å². The summed E-state index contributed by atoms with van der Waals surface area (Å²) in [4.78, 5) is 11.5. The Kier molecular flexibility index (Phi) is 7.19. The third kappa shape index (κ3) is 5.15. The highest BCUT2D eigenvalue weighted by molar-refractivity contribution is 6.37. The molecule has 2 N–H and O–H groups in total. The average Bonchev–Trinajstić information content (AvgIpc) is 2.62. The molecule has 160 valence electrons. The van der Waals surface area contributed by atoms with Crippen LogP contribution in [-0.2, 0) is 0 Å². The Morgan fingerprint density at radius 2 is 1.77 bits per heavy atom. The predicted molar refractivity (Wildman–Crippen MR) is 102 cm³/mol. The average molecular weight is 450 g/mol. The molecule has 1 aromatic carbocycles. The van der Waals surface area contributed by atoms with Crippen LogP contribution < -0.4 is 5.32 Å². The van der Waals surface area contributed by atoms with Crippen molar-refractivity contribution in [2.45, 2.75) is 26.1 Å². The van der Waals surface area contributed by atoms with Gasteiger partial charge < -0.3 is 10.7 Å². The van der Waals surface area contributed by atoms with Crippen LogP contribution in [0.3, 0.4) is 0 Å². The molecule has 0 spiro atoms. The molecule has 0 aliphatic carbocycles. The van der Waals surface area contributed by atoms with E-state index in [1.54, 1.807) is 6.92 Å². The summed E-state index contributed by atoms with van der Waals surface area (Å²) in [6, 6.07) is -1.51. The van der Waals surface area contributed by atoms with Gasteiger partial charge in [0.2, 0.25) is 0 Å². The van der Waals surface area contributed by atoms with E-state index in [0.29, 0.717) is 12.1 Å². The first-order valence-electron chi connectivity index (χ1n) is 8.25. The molecule has 5 nitrogen and oxygen atoms in total. The first-order chi connectivity index (χ1) is 14.0. The molecule has 0 unspecified atom stereocenters. The van der Waals surface area contributed by atoms with Crippen molar-refractivity contribution in [2.24, 2.45) is 4.99 Å². The van der Waals surface area contributed by atoms with Crippen LogP contribution in [0.1, 0.15) is 19.7 Å². The van der Waals surface area contributed by atoms with E-state index in [1.165, 1.54) is 12.3 Å². The summed E-state index contributed by atoms with van der Waals surface area (Å²) < 4.78 is 81.1. The Morgan fingerprint density at radius 3 is 2.27 bits per heavy atom. The minimum absolute atomic E-state index is 0.177. The lowest BCUT2D eigenvalue weighted by Gasteiger charge is -2.21. The van der Waals surface area contributed by atoms with Crippen LogP contribution in [0.4, 0.5) is 32.2 Å². The molecular formula is C18H14ClF6N5. The Labute approximate surface area is 172 Å². The normalized spacial score (nSPS) is 13.6. The molecule has 12 heteroatoms. The standard InChI is InChI=1S/C18H14ClF6N5/c1-3-4-27-12(7-26)16-29-15(19)14(13-10(21)5-9(20)6-11(13)22)17(30-16)28-8(2)18(23,24)25/h3-8,26H,1-2H3,(H,28,29,30)/b4-3-,26-7?,27-12+/t8-/m0/s1. The molecule has 0 bridgehead atoms. The number of nitrogens with one attached hydrogen (secondary N) is 2. The Morgan fingerprint density at radius 1 is 1.17 bits per heavy atom. The SMILES string of the molecule is C/C=C\N=C(/C=N)c1nc(Cl)c(-c2c(F)cc(F)cc2F)c(N[C@@H](C)C(F)(F)F)n1. The van der Waals surface area contributed by atoms with Gasteiger partial charge in [0.15, 0.2) is 5.82 Å². The Hall–Kier alpha value is -2.95. The van der Waals surface area contributed by atoms with Crippen molar-refractivity contribution < 1.29 is 26.3 Å². The van der Waals surface area contributed by atoms with Crippen LogP contribution >= 0.6 is 11.6 Å². The van der Waals surface area contributed by atoms with E-state index in [1.807, 2.05) is 5.32 Å². The van der Waals surface area contributed by atoms with Gasteiger partial charge in [-0.15, -0.1) is 0 Å². The van der Waals surface area contributed by atoms with E-state index >= 15 is 0 Å². The van der Waals surface area contributed by atoms with Crippen molar-refractivity contribution in [1.29, 1.82) is 5.41 Å². The van der Waals surface area contributed by atoms with Gasteiger partial charge in [-0.2, -0.15) is 13.2 Å². The van der Waals surface area contributed by atoms with Crippen molar-refractivity contribution in [3.63, 3.8) is 0 Å². The number of halogens is 7. The molecule has 0 saturated heterocycles. The fourth-order valence-electron chi connectivity index (χ4n) is 2.26. The van der Waals surface area contributed by atoms with Crippen LogP contribution in [0.15, 0.2) is 29.4 Å². The highest BCUT2D eigenvalue weighted by atomic mass is 35.5. The van der Waals surface area contributed by atoms with Crippen molar-refractivity contribution in [1.82, 2.24) is 9.97 Å². The molecule has 30 heavy (non-hydrogen) atoms. The van der Waals surface area contributed by atoms with Gasteiger partial charge in [-0.3, -0.25) is 4.99 Å². The second-order valence-electron chi connectivity index (χ2n) is 5.85. The van der Waals surface area contributed by atoms with Gasteiger partial charge in [0, 0.05) is 24.5 Å². The van der Waals surface area contributed by atoms with Gasteiger partial charge in [-0.05, 0) is 13.8 Å². The quantitative estimate of drug-likeness (QED) is 0.345. The van der Waals surface area contributed by atoms with Gasteiger partial charge in [0.1, 0.15) is 40.2 Å². The molecule has 0 saturated carbocycles. The summed E-state index contributed by atoms with van der Waals surface area (Å²) in [5.41, 5.74) is -1.72. The number of allylic oxidation sites excluding steroid dienone is 1. The van der Waals surface area contributed by atoms with Crippen molar-refractivity contribution >= 4 is 29.3 Å². The molecule has 0 aliphatic rings. The number of rotatable bonds is 6. The number of nitrogens with zero attached hydrogens (tertiary/aromatic N) is 3. The second kappa shape index (κ2) is 9.24. The van der Waals surface area contributed by atoms with Crippen molar-refractivity contribution in [3.8, 4) is 11.1 Å². The van der Waals surface area contributed by atoms with Crippen molar-refractivity contribution in [2.75, 3.05) is 5.32 Å². The summed E-state index contributed by atoms with van der Waals surface area (Å²) in [5.74, 6) is -5.09. The maximum Gasteiger partial charge on any atom is 0.408 e. The molecule has 0 aliphatic heterocycles. The molecule has 1 atom stereocenters. The number of hydrogen-bond donors (Lipinski definition) is 2. The lowest BCUT2D eigenvalue weighted by atomic mass is 10.1. The first kappa shape index (κ1) is 23.3. The lowest BCUT2D eigenvalue weighted by molar-refractivity contribution is -0.138. The zero-order chi connectivity index (χ0) is 22.6. The fraction of sp³-hybridized carbons (Fsp3) is 0.222. The van der Waals surface area contributed by atoms with E-state index < -0.39 is 51.8 Å². The van der Waals surface area contributed by atoms with Gasteiger partial charge >= 0.3 is 6.18 Å². The van der Waals surface area contributed by atoms with Crippen LogP contribution in [0.25, 0.3) is 11.1 Å². The summed E-state index contributed by atoms with van der Waals surface area (Å²) in [7, 11) is 0. The largest absolute Gasteiger partial charge is 0.408 e. The van der Waals surface area contributed by atoms with Gasteiger partial charge in [0.05, 0.1) is 11.1 Å². The topological polar surface area (TPSA) is 74.0 Å². The first-order valence-corrected chi connectivity index (χ1v) is 8.62. The summed E-state index contributed by atoms with van der Waals surface area (Å²) in [6.45, 7) is 2.38. The monoisotopic (exact) mass is 449 g/mol. The van der Waals surface area contributed by atoms with Gasteiger partial charge in [0.25, 0.3) is 0 Å². The van der Waals surface area contributed by atoms with Crippen molar-refractivity contribution in [3.05, 3.63) is 52.8 Å². The molecule has 0 radical (unpaired) electrons. The Bertz CT molecular complexity index is 996. The Balaban J connectivity index is 2.80.